The molecule has 0 radical (unpaired) electrons. The number of tetrazole rings is 1. The Morgan fingerprint density at radius 1 is 1.12 bits per heavy atom. The molecule has 1 amide bonds. The molecule has 1 aliphatic heterocycles. The number of nitrogens with zero attached hydrogens (tertiary/aromatic N) is 5. The Balaban J connectivity index is 1.24. The first kappa shape index (κ1) is 23.5. The molecule has 0 N–H and O–H groups in total. The number of benzene rings is 2. The highest BCUT2D eigenvalue weighted by Crippen LogP contribution is 2.23. The van der Waals surface area contributed by atoms with Gasteiger partial charge in [-0.15, -0.1) is 5.10 Å². The van der Waals surface area contributed by atoms with Crippen molar-refractivity contribution in [3.63, 3.8) is 0 Å². The van der Waals surface area contributed by atoms with E-state index >= 15 is 0 Å². The molecule has 2 heterocycles. The van der Waals surface area contributed by atoms with Gasteiger partial charge < -0.3 is 19.1 Å². The van der Waals surface area contributed by atoms with E-state index in [1.807, 2.05) is 45.0 Å². The van der Waals surface area contributed by atoms with Crippen LogP contribution in [0.1, 0.15) is 39.2 Å². The molecule has 9 nitrogen and oxygen atoms in total. The molecule has 1 aromatic heterocycles. The fraction of sp³-hybridized carbons (Fsp3) is 0.417. The smallest absolute Gasteiger partial charge is 0.410 e. The second-order valence-corrected chi connectivity index (χ2v) is 9.09. The van der Waals surface area contributed by atoms with Crippen LogP contribution in [0, 0.1) is 5.82 Å². The molecule has 3 aromatic rings. The summed E-state index contributed by atoms with van der Waals surface area (Å²) >= 11 is 0. The molecular weight excluding hydrogens is 441 g/mol. The van der Waals surface area contributed by atoms with E-state index in [0.717, 1.165) is 24.2 Å². The Morgan fingerprint density at radius 2 is 1.85 bits per heavy atom. The van der Waals surface area contributed by atoms with E-state index in [0.29, 0.717) is 18.8 Å². The maximum absolute atomic E-state index is 14.4. The van der Waals surface area contributed by atoms with Gasteiger partial charge in [0.25, 0.3) is 0 Å². The molecule has 2 aromatic carbocycles. The average molecular weight is 470 g/mol. The number of amides is 1. The highest BCUT2D eigenvalue weighted by Gasteiger charge is 2.27. The number of rotatable bonds is 6. The largest absolute Gasteiger partial charge is 0.490 e. The van der Waals surface area contributed by atoms with E-state index in [1.54, 1.807) is 17.0 Å². The first-order valence-electron chi connectivity index (χ1n) is 11.2. The van der Waals surface area contributed by atoms with Crippen LogP contribution in [0.15, 0.2) is 48.8 Å². The lowest BCUT2D eigenvalue weighted by atomic mass is 10.1. The summed E-state index contributed by atoms with van der Waals surface area (Å²) in [6.45, 7) is 7.00. The molecule has 34 heavy (non-hydrogen) atoms. The van der Waals surface area contributed by atoms with Gasteiger partial charge in [0.2, 0.25) is 0 Å². The van der Waals surface area contributed by atoms with Crippen LogP contribution >= 0.6 is 0 Å². The Labute approximate surface area is 197 Å². The Morgan fingerprint density at radius 3 is 2.47 bits per heavy atom. The lowest BCUT2D eigenvalue weighted by Crippen LogP contribution is -2.44. The van der Waals surface area contributed by atoms with Crippen molar-refractivity contribution in [2.45, 2.75) is 51.9 Å². The number of hydrogen-bond donors (Lipinski definition) is 0. The van der Waals surface area contributed by atoms with Crippen LogP contribution in [0.2, 0.25) is 0 Å². The zero-order chi connectivity index (χ0) is 24.1. The number of likely N-dealkylation sites (tertiary alicyclic amines) is 1. The van der Waals surface area contributed by atoms with Gasteiger partial charge in [-0.2, -0.15) is 0 Å². The van der Waals surface area contributed by atoms with Crippen LogP contribution in [0.25, 0.3) is 5.69 Å². The number of ether oxygens (including phenoxy) is 3. The third-order valence-corrected chi connectivity index (χ3v) is 5.24. The standard InChI is InChI=1S/C24H28FN5O4/c1-24(2,3)34-23(31)29-12-10-20(11-13-29)33-19-7-4-17(5-8-19)15-32-22-9-6-18(14-21(22)25)30-16-26-27-28-30/h4-9,14,16,20H,10-13,15H2,1-3H3. The molecule has 0 spiro atoms. The molecule has 0 atom stereocenters. The van der Waals surface area contributed by atoms with Gasteiger partial charge in [0.1, 0.15) is 30.4 Å². The number of piperidine rings is 1. The number of carbonyl (C=O) groups excluding carboxylic acids is 1. The third-order valence-electron chi connectivity index (χ3n) is 5.24. The fourth-order valence-corrected chi connectivity index (χ4v) is 3.53. The Hall–Kier alpha value is -3.69. The molecule has 10 heteroatoms. The minimum absolute atomic E-state index is 0.0357. The van der Waals surface area contributed by atoms with Crippen molar-refractivity contribution in [2.75, 3.05) is 13.1 Å². The van der Waals surface area contributed by atoms with Crippen LogP contribution < -0.4 is 9.47 Å². The van der Waals surface area contributed by atoms with Crippen LogP contribution in [0.4, 0.5) is 9.18 Å². The summed E-state index contributed by atoms with van der Waals surface area (Å²) in [5.74, 6) is 0.399. The van der Waals surface area contributed by atoms with Gasteiger partial charge in [-0.1, -0.05) is 12.1 Å². The van der Waals surface area contributed by atoms with Crippen molar-refractivity contribution in [3.05, 3.63) is 60.2 Å². The van der Waals surface area contributed by atoms with E-state index in [-0.39, 0.29) is 24.6 Å². The molecule has 180 valence electrons. The predicted molar refractivity (Wildman–Crippen MR) is 121 cm³/mol. The van der Waals surface area contributed by atoms with Crippen LogP contribution in [0.5, 0.6) is 11.5 Å². The zero-order valence-electron chi connectivity index (χ0n) is 19.5. The van der Waals surface area contributed by atoms with Gasteiger partial charge in [0.05, 0.1) is 5.69 Å². The first-order chi connectivity index (χ1) is 16.3. The quantitative estimate of drug-likeness (QED) is 0.535. The number of hydrogen-bond acceptors (Lipinski definition) is 7. The topological polar surface area (TPSA) is 91.6 Å². The van der Waals surface area contributed by atoms with Crippen molar-refractivity contribution < 1.29 is 23.4 Å². The monoisotopic (exact) mass is 469 g/mol. The zero-order valence-corrected chi connectivity index (χ0v) is 19.5. The van der Waals surface area contributed by atoms with Crippen molar-refractivity contribution in [1.82, 2.24) is 25.1 Å². The SMILES string of the molecule is CC(C)(C)OC(=O)N1CCC(Oc2ccc(COc3ccc(-n4cnnn4)cc3F)cc2)CC1. The Kier molecular flexibility index (Phi) is 6.95. The summed E-state index contributed by atoms with van der Waals surface area (Å²) in [5, 5.41) is 10.8. The molecule has 0 bridgehead atoms. The van der Waals surface area contributed by atoms with Gasteiger partial charge in [0.15, 0.2) is 11.6 Å². The summed E-state index contributed by atoms with van der Waals surface area (Å²) in [7, 11) is 0. The highest BCUT2D eigenvalue weighted by molar-refractivity contribution is 5.68. The molecule has 1 saturated heterocycles. The van der Waals surface area contributed by atoms with Crippen molar-refractivity contribution in [3.8, 4) is 17.2 Å². The van der Waals surface area contributed by atoms with Gasteiger partial charge in [-0.05, 0) is 61.0 Å². The summed E-state index contributed by atoms with van der Waals surface area (Å²) in [6.07, 6.45) is 2.63. The number of carbonyl (C=O) groups is 1. The molecular formula is C24H28FN5O4. The minimum atomic E-state index is -0.499. The van der Waals surface area contributed by atoms with E-state index in [2.05, 4.69) is 15.5 Å². The van der Waals surface area contributed by atoms with Gasteiger partial charge >= 0.3 is 6.09 Å². The summed E-state index contributed by atoms with van der Waals surface area (Å²) in [4.78, 5) is 13.9. The molecule has 0 unspecified atom stereocenters. The van der Waals surface area contributed by atoms with E-state index in [9.17, 15) is 9.18 Å². The van der Waals surface area contributed by atoms with Crippen molar-refractivity contribution in [2.24, 2.45) is 0 Å². The summed E-state index contributed by atoms with van der Waals surface area (Å²) in [6, 6.07) is 12.1. The van der Waals surface area contributed by atoms with Crippen molar-refractivity contribution >= 4 is 6.09 Å². The third kappa shape index (κ3) is 6.21. The van der Waals surface area contributed by atoms with E-state index in [1.165, 1.54) is 17.1 Å². The summed E-state index contributed by atoms with van der Waals surface area (Å²) in [5.41, 5.74) is 0.894. The van der Waals surface area contributed by atoms with Gasteiger partial charge in [-0.3, -0.25) is 0 Å². The van der Waals surface area contributed by atoms with Crippen LogP contribution in [0.3, 0.4) is 0 Å². The fourth-order valence-electron chi connectivity index (χ4n) is 3.53. The van der Waals surface area contributed by atoms with Gasteiger partial charge in [-0.25, -0.2) is 13.9 Å². The highest BCUT2D eigenvalue weighted by atomic mass is 19.1. The van der Waals surface area contributed by atoms with Gasteiger partial charge in [0, 0.05) is 32.0 Å². The van der Waals surface area contributed by atoms with Crippen molar-refractivity contribution in [1.29, 1.82) is 0 Å². The predicted octanol–water partition coefficient (Wildman–Crippen LogP) is 4.16. The average Bonchev–Trinajstić information content (AvgIpc) is 3.34. The maximum atomic E-state index is 14.4. The molecule has 0 saturated carbocycles. The lowest BCUT2D eigenvalue weighted by Gasteiger charge is -2.33. The van der Waals surface area contributed by atoms with E-state index < -0.39 is 11.4 Å². The number of aromatic nitrogens is 4. The number of halogens is 1. The normalized spacial score (nSPS) is 14.6. The maximum Gasteiger partial charge on any atom is 0.410 e. The lowest BCUT2D eigenvalue weighted by molar-refractivity contribution is 0.0126. The second kappa shape index (κ2) is 10.1. The van der Waals surface area contributed by atoms with Crippen LogP contribution in [-0.4, -0.2) is 56.0 Å². The first-order valence-corrected chi connectivity index (χ1v) is 11.2. The van der Waals surface area contributed by atoms with Crippen LogP contribution in [-0.2, 0) is 11.3 Å². The molecule has 1 fully saturated rings. The Bertz CT molecular complexity index is 1090. The molecule has 4 rings (SSSR count). The second-order valence-electron chi connectivity index (χ2n) is 9.09. The molecule has 1 aliphatic rings. The summed E-state index contributed by atoms with van der Waals surface area (Å²) < 4.78 is 32.9. The van der Waals surface area contributed by atoms with E-state index in [4.69, 9.17) is 14.2 Å². The minimum Gasteiger partial charge on any atom is -0.490 e. The molecule has 0 aliphatic carbocycles.